The molecule has 4 fully saturated rings. The molecular formula is C21H37N3O. The minimum atomic E-state index is 0.116. The summed E-state index contributed by atoms with van der Waals surface area (Å²) < 4.78 is 0. The maximum atomic E-state index is 13.1. The lowest BCUT2D eigenvalue weighted by molar-refractivity contribution is -0.135. The molecule has 0 aromatic rings. The lowest BCUT2D eigenvalue weighted by atomic mass is 9.85. The van der Waals surface area contributed by atoms with Crippen molar-refractivity contribution in [3.8, 4) is 0 Å². The molecule has 4 unspecified atom stereocenters. The van der Waals surface area contributed by atoms with E-state index in [2.05, 4.69) is 15.1 Å². The highest BCUT2D eigenvalue weighted by Crippen LogP contribution is 2.34. The topological polar surface area (TPSA) is 35.6 Å². The number of hydrogen-bond donors (Lipinski definition) is 1. The van der Waals surface area contributed by atoms with Crippen LogP contribution in [0.4, 0.5) is 0 Å². The average Bonchev–Trinajstić information content (AvgIpc) is 2.92. The number of carbonyl (C=O) groups is 1. The third-order valence-corrected chi connectivity index (χ3v) is 7.21. The highest BCUT2D eigenvalue weighted by molar-refractivity contribution is 5.82. The molecule has 0 spiro atoms. The monoisotopic (exact) mass is 347 g/mol. The van der Waals surface area contributed by atoms with Gasteiger partial charge in [-0.05, 0) is 69.9 Å². The third-order valence-electron chi connectivity index (χ3n) is 7.21. The molecule has 3 saturated heterocycles. The quantitative estimate of drug-likeness (QED) is 0.852. The van der Waals surface area contributed by atoms with Gasteiger partial charge in [-0.15, -0.1) is 0 Å². The Morgan fingerprint density at radius 2 is 1.68 bits per heavy atom. The highest BCUT2D eigenvalue weighted by Gasteiger charge is 2.40. The van der Waals surface area contributed by atoms with E-state index in [1.165, 1.54) is 83.8 Å². The fourth-order valence-electron chi connectivity index (χ4n) is 5.83. The van der Waals surface area contributed by atoms with Crippen LogP contribution < -0.4 is 5.32 Å². The maximum Gasteiger partial charge on any atom is 0.239 e. The van der Waals surface area contributed by atoms with Crippen molar-refractivity contribution >= 4 is 5.91 Å². The van der Waals surface area contributed by atoms with E-state index in [4.69, 9.17) is 0 Å². The van der Waals surface area contributed by atoms with Gasteiger partial charge in [0.25, 0.3) is 0 Å². The van der Waals surface area contributed by atoms with Gasteiger partial charge in [0, 0.05) is 25.7 Å². The molecule has 3 heterocycles. The highest BCUT2D eigenvalue weighted by atomic mass is 16.2. The van der Waals surface area contributed by atoms with E-state index >= 15 is 0 Å². The average molecular weight is 348 g/mol. The van der Waals surface area contributed by atoms with Crippen LogP contribution in [0.3, 0.4) is 0 Å². The van der Waals surface area contributed by atoms with Crippen LogP contribution in [-0.4, -0.2) is 60.5 Å². The first-order valence-electron chi connectivity index (χ1n) is 11.1. The van der Waals surface area contributed by atoms with Crippen molar-refractivity contribution in [2.24, 2.45) is 11.8 Å². The fourth-order valence-corrected chi connectivity index (χ4v) is 5.83. The van der Waals surface area contributed by atoms with Crippen molar-refractivity contribution in [3.05, 3.63) is 0 Å². The second kappa shape index (κ2) is 8.39. The summed E-state index contributed by atoms with van der Waals surface area (Å²) in [6.07, 6.45) is 14.5. The van der Waals surface area contributed by atoms with Crippen LogP contribution in [0.25, 0.3) is 0 Å². The first-order valence-corrected chi connectivity index (χ1v) is 11.1. The Labute approximate surface area is 153 Å². The molecule has 0 radical (unpaired) electrons. The van der Waals surface area contributed by atoms with Crippen molar-refractivity contribution in [2.75, 3.05) is 32.7 Å². The molecule has 0 aromatic heterocycles. The summed E-state index contributed by atoms with van der Waals surface area (Å²) in [6, 6.07) is 0.741. The summed E-state index contributed by atoms with van der Waals surface area (Å²) in [5, 5.41) is 3.69. The summed E-state index contributed by atoms with van der Waals surface area (Å²) in [7, 11) is 0. The van der Waals surface area contributed by atoms with Crippen molar-refractivity contribution < 1.29 is 4.79 Å². The number of piperidine rings is 1. The van der Waals surface area contributed by atoms with Crippen LogP contribution in [0.2, 0.25) is 0 Å². The van der Waals surface area contributed by atoms with E-state index in [1.54, 1.807) is 0 Å². The van der Waals surface area contributed by atoms with Gasteiger partial charge >= 0.3 is 0 Å². The van der Waals surface area contributed by atoms with E-state index in [1.807, 2.05) is 0 Å². The Morgan fingerprint density at radius 1 is 0.880 bits per heavy atom. The molecule has 4 heteroatoms. The minimum Gasteiger partial charge on any atom is -0.341 e. The van der Waals surface area contributed by atoms with Crippen LogP contribution in [0.5, 0.6) is 0 Å². The first kappa shape index (κ1) is 17.8. The number of amides is 1. The van der Waals surface area contributed by atoms with Gasteiger partial charge in [0.15, 0.2) is 0 Å². The molecule has 4 aliphatic rings. The largest absolute Gasteiger partial charge is 0.341 e. The summed E-state index contributed by atoms with van der Waals surface area (Å²) >= 11 is 0. The SMILES string of the molecule is O=C(C1CC2CCCCC2N1)N1CCCC(CN2CCCCCC2)C1. The zero-order chi connectivity index (χ0) is 17.1. The van der Waals surface area contributed by atoms with Gasteiger partial charge in [0.1, 0.15) is 0 Å². The van der Waals surface area contributed by atoms with Gasteiger partial charge < -0.3 is 15.1 Å². The van der Waals surface area contributed by atoms with Gasteiger partial charge in [-0.1, -0.05) is 25.7 Å². The Kier molecular flexibility index (Phi) is 5.97. The van der Waals surface area contributed by atoms with E-state index in [-0.39, 0.29) is 6.04 Å². The summed E-state index contributed by atoms with van der Waals surface area (Å²) in [4.78, 5) is 18.0. The number of nitrogens with zero attached hydrogens (tertiary/aromatic N) is 2. The van der Waals surface area contributed by atoms with E-state index < -0.39 is 0 Å². The van der Waals surface area contributed by atoms with Crippen molar-refractivity contribution in [1.29, 1.82) is 0 Å². The van der Waals surface area contributed by atoms with Crippen LogP contribution in [0, 0.1) is 11.8 Å². The van der Waals surface area contributed by atoms with Gasteiger partial charge in [-0.3, -0.25) is 4.79 Å². The van der Waals surface area contributed by atoms with Gasteiger partial charge in [-0.2, -0.15) is 0 Å². The predicted octanol–water partition coefficient (Wildman–Crippen LogP) is 3.02. The number of nitrogens with one attached hydrogen (secondary N) is 1. The zero-order valence-electron chi connectivity index (χ0n) is 15.9. The fraction of sp³-hybridized carbons (Fsp3) is 0.952. The molecule has 1 aliphatic carbocycles. The number of hydrogen-bond acceptors (Lipinski definition) is 3. The summed E-state index contributed by atoms with van der Waals surface area (Å²) in [6.45, 7) is 5.76. The Bertz CT molecular complexity index is 432. The van der Waals surface area contributed by atoms with Crippen molar-refractivity contribution in [1.82, 2.24) is 15.1 Å². The van der Waals surface area contributed by atoms with Crippen LogP contribution in [-0.2, 0) is 4.79 Å². The number of rotatable bonds is 3. The van der Waals surface area contributed by atoms with Gasteiger partial charge in [0.2, 0.25) is 5.91 Å². The molecule has 25 heavy (non-hydrogen) atoms. The molecule has 3 aliphatic heterocycles. The Morgan fingerprint density at radius 3 is 2.48 bits per heavy atom. The van der Waals surface area contributed by atoms with Crippen LogP contribution >= 0.6 is 0 Å². The number of fused-ring (bicyclic) bond motifs is 1. The molecule has 0 bridgehead atoms. The molecule has 1 N–H and O–H groups in total. The molecule has 1 amide bonds. The first-order chi connectivity index (χ1) is 12.3. The minimum absolute atomic E-state index is 0.116. The smallest absolute Gasteiger partial charge is 0.239 e. The molecule has 142 valence electrons. The van der Waals surface area contributed by atoms with E-state index in [9.17, 15) is 4.79 Å². The molecule has 1 saturated carbocycles. The maximum absolute atomic E-state index is 13.1. The zero-order valence-corrected chi connectivity index (χ0v) is 15.9. The van der Waals surface area contributed by atoms with Gasteiger partial charge in [0.05, 0.1) is 6.04 Å². The normalized spacial score (nSPS) is 37.5. The molecule has 4 atom stereocenters. The Hall–Kier alpha value is -0.610. The van der Waals surface area contributed by atoms with Gasteiger partial charge in [-0.25, -0.2) is 0 Å². The molecule has 4 rings (SSSR count). The lowest BCUT2D eigenvalue weighted by Crippen LogP contribution is -2.50. The predicted molar refractivity (Wildman–Crippen MR) is 101 cm³/mol. The second-order valence-electron chi connectivity index (χ2n) is 9.11. The summed E-state index contributed by atoms with van der Waals surface area (Å²) in [5.41, 5.74) is 0. The van der Waals surface area contributed by atoms with Crippen molar-refractivity contribution in [3.63, 3.8) is 0 Å². The standard InChI is InChI=1S/C21H37N3O/c25-21(20-14-18-9-3-4-10-19(18)22-20)24-13-7-8-17(16-24)15-23-11-5-1-2-6-12-23/h17-20,22H,1-16H2. The molecule has 4 nitrogen and oxygen atoms in total. The Balaban J connectivity index is 1.29. The summed E-state index contributed by atoms with van der Waals surface area (Å²) in [5.74, 6) is 1.87. The van der Waals surface area contributed by atoms with Crippen molar-refractivity contribution in [2.45, 2.75) is 82.7 Å². The number of likely N-dealkylation sites (tertiary alicyclic amines) is 2. The third kappa shape index (κ3) is 4.39. The van der Waals surface area contributed by atoms with Crippen LogP contribution in [0.1, 0.15) is 70.6 Å². The van der Waals surface area contributed by atoms with E-state index in [0.29, 0.717) is 17.9 Å². The van der Waals surface area contributed by atoms with E-state index in [0.717, 1.165) is 25.4 Å². The number of carbonyl (C=O) groups excluding carboxylic acids is 1. The lowest BCUT2D eigenvalue weighted by Gasteiger charge is -2.36. The molecule has 0 aromatic carbocycles. The van der Waals surface area contributed by atoms with Crippen LogP contribution in [0.15, 0.2) is 0 Å². The molecular weight excluding hydrogens is 310 g/mol. The second-order valence-corrected chi connectivity index (χ2v) is 9.11.